The van der Waals surface area contributed by atoms with Crippen LogP contribution < -0.4 is 5.32 Å². The van der Waals surface area contributed by atoms with Gasteiger partial charge in [0.25, 0.3) is 5.91 Å². The molecule has 1 aliphatic rings. The molecule has 0 aromatic heterocycles. The van der Waals surface area contributed by atoms with Crippen molar-refractivity contribution in [1.82, 2.24) is 10.2 Å². The molecule has 1 amide bonds. The summed E-state index contributed by atoms with van der Waals surface area (Å²) in [7, 11) is 0. The van der Waals surface area contributed by atoms with Crippen LogP contribution in [0.3, 0.4) is 0 Å². The van der Waals surface area contributed by atoms with Crippen LogP contribution in [0.2, 0.25) is 0 Å². The molecule has 0 aliphatic carbocycles. The minimum atomic E-state index is -3.02. The Bertz CT molecular complexity index is 238. The van der Waals surface area contributed by atoms with Crippen molar-refractivity contribution in [3.63, 3.8) is 0 Å². The number of nitrogens with zero attached hydrogens (tertiary/aromatic N) is 2. The fourth-order valence-corrected chi connectivity index (χ4v) is 1.21. The molecule has 0 aromatic carbocycles. The lowest BCUT2D eigenvalue weighted by Gasteiger charge is -2.31. The minimum absolute atomic E-state index is 0.168. The fourth-order valence-electron chi connectivity index (χ4n) is 1.21. The highest BCUT2D eigenvalue weighted by Crippen LogP contribution is 2.07. The Morgan fingerprint density at radius 2 is 2.38 bits per heavy atom. The first-order valence-corrected chi connectivity index (χ1v) is 3.85. The molecule has 0 saturated carbocycles. The zero-order valence-corrected chi connectivity index (χ0v) is 6.83. The quantitative estimate of drug-likeness (QED) is 0.609. The van der Waals surface area contributed by atoms with Crippen LogP contribution in [0.1, 0.15) is 0 Å². The number of hydrogen-bond donors (Lipinski definition) is 1. The molecule has 72 valence electrons. The van der Waals surface area contributed by atoms with Crippen LogP contribution in [-0.4, -0.2) is 42.9 Å². The van der Waals surface area contributed by atoms with Gasteiger partial charge in [0.2, 0.25) is 0 Å². The van der Waals surface area contributed by atoms with Gasteiger partial charge in [0.15, 0.2) is 0 Å². The molecule has 6 heteroatoms. The van der Waals surface area contributed by atoms with E-state index in [1.165, 1.54) is 0 Å². The van der Waals surface area contributed by atoms with Crippen LogP contribution in [0, 0.1) is 11.3 Å². The maximum absolute atomic E-state index is 12.0. The minimum Gasteiger partial charge on any atom is -0.319 e. The van der Waals surface area contributed by atoms with E-state index in [-0.39, 0.29) is 13.1 Å². The van der Waals surface area contributed by atoms with Crippen molar-refractivity contribution >= 4 is 5.91 Å². The third-order valence-electron chi connectivity index (χ3n) is 1.86. The molecule has 0 bridgehead atoms. The molecule has 1 heterocycles. The van der Waals surface area contributed by atoms with Gasteiger partial charge in [-0.15, -0.1) is 0 Å². The van der Waals surface area contributed by atoms with Gasteiger partial charge in [0, 0.05) is 19.6 Å². The van der Waals surface area contributed by atoms with Gasteiger partial charge in [-0.05, 0) is 0 Å². The molecule has 1 unspecified atom stereocenters. The number of alkyl halides is 2. The van der Waals surface area contributed by atoms with E-state index < -0.39 is 18.4 Å². The molecule has 0 radical (unpaired) electrons. The van der Waals surface area contributed by atoms with E-state index in [0.717, 1.165) is 4.90 Å². The van der Waals surface area contributed by atoms with E-state index >= 15 is 0 Å². The van der Waals surface area contributed by atoms with Crippen molar-refractivity contribution in [2.45, 2.75) is 12.5 Å². The van der Waals surface area contributed by atoms with Crippen molar-refractivity contribution in [2.24, 2.45) is 0 Å². The number of hydrogen-bond acceptors (Lipinski definition) is 3. The number of amides is 1. The van der Waals surface area contributed by atoms with Crippen molar-refractivity contribution in [3.05, 3.63) is 0 Å². The van der Waals surface area contributed by atoms with Crippen LogP contribution >= 0.6 is 0 Å². The first kappa shape index (κ1) is 9.86. The van der Waals surface area contributed by atoms with E-state index in [4.69, 9.17) is 5.26 Å². The fraction of sp³-hybridized carbons (Fsp3) is 0.714. The number of nitriles is 1. The lowest BCUT2D eigenvalue weighted by molar-refractivity contribution is -0.144. The second-order valence-electron chi connectivity index (χ2n) is 2.68. The van der Waals surface area contributed by atoms with Crippen LogP contribution in [0.15, 0.2) is 0 Å². The van der Waals surface area contributed by atoms with E-state index in [1.54, 1.807) is 6.07 Å². The van der Waals surface area contributed by atoms with Crippen molar-refractivity contribution in [3.8, 4) is 6.07 Å². The van der Waals surface area contributed by atoms with Crippen LogP contribution in [0.5, 0.6) is 0 Å². The summed E-state index contributed by atoms with van der Waals surface area (Å²) in [6.45, 7) is 0.882. The molecule has 0 aromatic rings. The standard InChI is InChI=1S/C7H9F2N3O/c8-6(9)7(13)12-2-1-11-4-5(12)3-10/h5-6,11H,1-2,4H2. The number of nitrogens with one attached hydrogen (secondary N) is 1. The molecule has 13 heavy (non-hydrogen) atoms. The molecular formula is C7H9F2N3O. The molecule has 1 rings (SSSR count). The number of piperazine rings is 1. The van der Waals surface area contributed by atoms with E-state index in [0.29, 0.717) is 6.54 Å². The topological polar surface area (TPSA) is 56.1 Å². The highest BCUT2D eigenvalue weighted by Gasteiger charge is 2.31. The monoisotopic (exact) mass is 189 g/mol. The second-order valence-corrected chi connectivity index (χ2v) is 2.68. The molecule has 1 atom stereocenters. The lowest BCUT2D eigenvalue weighted by atomic mass is 10.2. The van der Waals surface area contributed by atoms with Gasteiger partial charge in [-0.3, -0.25) is 4.79 Å². The zero-order valence-electron chi connectivity index (χ0n) is 6.83. The molecule has 1 fully saturated rings. The summed E-state index contributed by atoms with van der Waals surface area (Å²) in [5.74, 6) is -1.26. The smallest absolute Gasteiger partial charge is 0.315 e. The third kappa shape index (κ3) is 2.12. The van der Waals surface area contributed by atoms with Gasteiger partial charge in [-0.25, -0.2) is 0 Å². The summed E-state index contributed by atoms with van der Waals surface area (Å²) in [6.07, 6.45) is -3.02. The number of carbonyl (C=O) groups is 1. The maximum atomic E-state index is 12.0. The van der Waals surface area contributed by atoms with E-state index in [2.05, 4.69) is 5.32 Å². The molecule has 1 N–H and O–H groups in total. The Morgan fingerprint density at radius 1 is 1.69 bits per heavy atom. The zero-order chi connectivity index (χ0) is 9.84. The highest BCUT2D eigenvalue weighted by atomic mass is 19.3. The first-order chi connectivity index (χ1) is 6.16. The van der Waals surface area contributed by atoms with Crippen molar-refractivity contribution in [2.75, 3.05) is 19.6 Å². The maximum Gasteiger partial charge on any atom is 0.315 e. The summed E-state index contributed by atoms with van der Waals surface area (Å²) in [6, 6.07) is 1.03. The van der Waals surface area contributed by atoms with Crippen LogP contribution in [0.4, 0.5) is 8.78 Å². The average molecular weight is 189 g/mol. The van der Waals surface area contributed by atoms with Gasteiger partial charge < -0.3 is 10.2 Å². The van der Waals surface area contributed by atoms with E-state index in [9.17, 15) is 13.6 Å². The summed E-state index contributed by atoms with van der Waals surface area (Å²) in [4.78, 5) is 11.8. The van der Waals surface area contributed by atoms with Gasteiger partial charge in [0.1, 0.15) is 6.04 Å². The van der Waals surface area contributed by atoms with Crippen molar-refractivity contribution in [1.29, 1.82) is 5.26 Å². The SMILES string of the molecule is N#CC1CNCCN1C(=O)C(F)F. The molecule has 1 saturated heterocycles. The predicted octanol–water partition coefficient (Wildman–Crippen LogP) is -0.425. The normalized spacial score (nSPS) is 22.9. The summed E-state index contributed by atoms with van der Waals surface area (Å²) in [5.41, 5.74) is 0. The Labute approximate surface area is 74.1 Å². The Morgan fingerprint density at radius 3 is 2.92 bits per heavy atom. The van der Waals surface area contributed by atoms with E-state index in [1.807, 2.05) is 0 Å². The van der Waals surface area contributed by atoms with Gasteiger partial charge in [0.05, 0.1) is 6.07 Å². The van der Waals surface area contributed by atoms with Gasteiger partial charge in [-0.2, -0.15) is 14.0 Å². The Hall–Kier alpha value is -1.22. The molecular weight excluding hydrogens is 180 g/mol. The van der Waals surface area contributed by atoms with Crippen LogP contribution in [-0.2, 0) is 4.79 Å². The molecule has 1 aliphatic heterocycles. The molecule has 4 nitrogen and oxygen atoms in total. The van der Waals surface area contributed by atoms with Crippen LogP contribution in [0.25, 0.3) is 0 Å². The van der Waals surface area contributed by atoms with Gasteiger partial charge in [-0.1, -0.05) is 0 Å². The second kappa shape index (κ2) is 4.14. The first-order valence-electron chi connectivity index (χ1n) is 3.85. The Kier molecular flexibility index (Phi) is 3.14. The highest BCUT2D eigenvalue weighted by molar-refractivity contribution is 5.80. The number of halogens is 2. The largest absolute Gasteiger partial charge is 0.319 e. The Balaban J connectivity index is 2.65. The van der Waals surface area contributed by atoms with Gasteiger partial charge >= 0.3 is 6.43 Å². The summed E-state index contributed by atoms with van der Waals surface area (Å²) < 4.78 is 24.0. The predicted molar refractivity (Wildman–Crippen MR) is 40.0 cm³/mol. The lowest BCUT2D eigenvalue weighted by Crippen LogP contribution is -2.54. The number of rotatable bonds is 1. The summed E-state index contributed by atoms with van der Waals surface area (Å²) in [5, 5.41) is 11.4. The molecule has 0 spiro atoms. The summed E-state index contributed by atoms with van der Waals surface area (Å²) >= 11 is 0. The van der Waals surface area contributed by atoms with Crippen molar-refractivity contribution < 1.29 is 13.6 Å². The average Bonchev–Trinajstić information content (AvgIpc) is 2.16. The third-order valence-corrected chi connectivity index (χ3v) is 1.86. The number of carbonyl (C=O) groups excluding carboxylic acids is 1.